The normalized spacial score (nSPS) is 15.0. The van der Waals surface area contributed by atoms with Crippen molar-refractivity contribution in [2.45, 2.75) is 58.7 Å². The summed E-state index contributed by atoms with van der Waals surface area (Å²) >= 11 is 6.16. The van der Waals surface area contributed by atoms with Crippen molar-refractivity contribution in [2.75, 3.05) is 11.4 Å². The lowest BCUT2D eigenvalue weighted by Gasteiger charge is -2.27. The molecular formula is C16H25ClN2. The molecule has 0 radical (unpaired) electrons. The number of rotatable bonds is 7. The maximum absolute atomic E-state index is 6.16. The van der Waals surface area contributed by atoms with Crippen LogP contribution in [0.15, 0.2) is 18.2 Å². The molecule has 1 aromatic carbocycles. The summed E-state index contributed by atoms with van der Waals surface area (Å²) in [5.41, 5.74) is 2.68. The lowest BCUT2D eigenvalue weighted by atomic mass is 10.1. The quantitative estimate of drug-likeness (QED) is 0.805. The first-order valence-electron chi connectivity index (χ1n) is 7.40. The van der Waals surface area contributed by atoms with E-state index in [1.165, 1.54) is 30.5 Å². The summed E-state index contributed by atoms with van der Waals surface area (Å²) in [6.45, 7) is 8.63. The van der Waals surface area contributed by atoms with Gasteiger partial charge in [-0.05, 0) is 43.0 Å². The predicted molar refractivity (Wildman–Crippen MR) is 84.1 cm³/mol. The SMILES string of the molecule is CCCN(c1ccc(Cl)cc1CNC(C)C)C1CC1. The molecule has 0 amide bonds. The minimum Gasteiger partial charge on any atom is -0.368 e. The Balaban J connectivity index is 2.21. The van der Waals surface area contributed by atoms with Crippen LogP contribution in [0.5, 0.6) is 0 Å². The number of halogens is 1. The summed E-state index contributed by atoms with van der Waals surface area (Å²) in [6, 6.07) is 7.55. The van der Waals surface area contributed by atoms with Crippen molar-refractivity contribution >= 4 is 17.3 Å². The standard InChI is InChI=1S/C16H25ClN2/c1-4-9-19(15-6-7-15)16-8-5-14(17)10-13(16)11-18-12(2)3/h5,8,10,12,15,18H,4,6-7,9,11H2,1-3H3. The highest BCUT2D eigenvalue weighted by atomic mass is 35.5. The first kappa shape index (κ1) is 14.7. The van der Waals surface area contributed by atoms with Gasteiger partial charge in [-0.2, -0.15) is 0 Å². The highest BCUT2D eigenvalue weighted by molar-refractivity contribution is 6.30. The Morgan fingerprint density at radius 2 is 2.11 bits per heavy atom. The number of hydrogen-bond donors (Lipinski definition) is 1. The number of nitrogens with one attached hydrogen (secondary N) is 1. The van der Waals surface area contributed by atoms with Gasteiger partial charge in [-0.1, -0.05) is 32.4 Å². The molecule has 1 aromatic rings. The molecule has 2 nitrogen and oxygen atoms in total. The van der Waals surface area contributed by atoms with E-state index in [9.17, 15) is 0 Å². The fourth-order valence-corrected chi connectivity index (χ4v) is 2.61. The maximum atomic E-state index is 6.16. The van der Waals surface area contributed by atoms with Crippen molar-refractivity contribution in [2.24, 2.45) is 0 Å². The predicted octanol–water partition coefficient (Wildman–Crippen LogP) is 4.22. The monoisotopic (exact) mass is 280 g/mol. The van der Waals surface area contributed by atoms with Crippen molar-refractivity contribution in [3.8, 4) is 0 Å². The summed E-state index contributed by atoms with van der Waals surface area (Å²) in [5.74, 6) is 0. The van der Waals surface area contributed by atoms with Gasteiger partial charge in [0, 0.05) is 35.9 Å². The Kier molecular flexibility index (Phi) is 5.12. The van der Waals surface area contributed by atoms with E-state index in [-0.39, 0.29) is 0 Å². The molecule has 0 spiro atoms. The van der Waals surface area contributed by atoms with E-state index in [4.69, 9.17) is 11.6 Å². The summed E-state index contributed by atoms with van der Waals surface area (Å²) in [6.07, 6.45) is 3.86. The average Bonchev–Trinajstić information content (AvgIpc) is 3.18. The van der Waals surface area contributed by atoms with Gasteiger partial charge in [-0.3, -0.25) is 0 Å². The number of nitrogens with zero attached hydrogens (tertiary/aromatic N) is 1. The molecule has 0 unspecified atom stereocenters. The van der Waals surface area contributed by atoms with Crippen LogP contribution in [0.2, 0.25) is 5.02 Å². The summed E-state index contributed by atoms with van der Waals surface area (Å²) in [4.78, 5) is 2.56. The van der Waals surface area contributed by atoms with Crippen LogP contribution in [0.3, 0.4) is 0 Å². The van der Waals surface area contributed by atoms with Gasteiger partial charge in [0.2, 0.25) is 0 Å². The van der Waals surface area contributed by atoms with Crippen LogP contribution >= 0.6 is 11.6 Å². The summed E-state index contributed by atoms with van der Waals surface area (Å²) in [5, 5.41) is 4.33. The molecule has 0 bridgehead atoms. The van der Waals surface area contributed by atoms with Gasteiger partial charge >= 0.3 is 0 Å². The number of benzene rings is 1. The molecule has 2 rings (SSSR count). The van der Waals surface area contributed by atoms with Crippen LogP contribution in [-0.4, -0.2) is 18.6 Å². The molecule has 1 aliphatic carbocycles. The molecule has 1 saturated carbocycles. The molecule has 19 heavy (non-hydrogen) atoms. The molecule has 1 N–H and O–H groups in total. The zero-order valence-electron chi connectivity index (χ0n) is 12.2. The van der Waals surface area contributed by atoms with Crippen molar-refractivity contribution in [1.29, 1.82) is 0 Å². The Hall–Kier alpha value is -0.730. The molecule has 0 aliphatic heterocycles. The molecular weight excluding hydrogens is 256 g/mol. The average molecular weight is 281 g/mol. The van der Waals surface area contributed by atoms with Crippen LogP contribution in [0, 0.1) is 0 Å². The van der Waals surface area contributed by atoms with Gasteiger partial charge in [-0.15, -0.1) is 0 Å². The minimum absolute atomic E-state index is 0.493. The molecule has 0 saturated heterocycles. The van der Waals surface area contributed by atoms with Gasteiger partial charge in [0.05, 0.1) is 0 Å². The third-order valence-corrected chi connectivity index (χ3v) is 3.74. The van der Waals surface area contributed by atoms with Crippen molar-refractivity contribution in [3.63, 3.8) is 0 Å². The van der Waals surface area contributed by atoms with E-state index in [1.54, 1.807) is 0 Å². The van der Waals surface area contributed by atoms with E-state index >= 15 is 0 Å². The third-order valence-electron chi connectivity index (χ3n) is 3.50. The number of hydrogen-bond acceptors (Lipinski definition) is 2. The lowest BCUT2D eigenvalue weighted by molar-refractivity contribution is 0.587. The van der Waals surface area contributed by atoms with Crippen LogP contribution in [0.25, 0.3) is 0 Å². The van der Waals surface area contributed by atoms with Crippen molar-refractivity contribution in [3.05, 3.63) is 28.8 Å². The second kappa shape index (κ2) is 6.62. The summed E-state index contributed by atoms with van der Waals surface area (Å²) in [7, 11) is 0. The maximum Gasteiger partial charge on any atom is 0.0415 e. The van der Waals surface area contributed by atoms with E-state index in [0.717, 1.165) is 24.2 Å². The van der Waals surface area contributed by atoms with Crippen LogP contribution in [-0.2, 0) is 6.54 Å². The smallest absolute Gasteiger partial charge is 0.0415 e. The van der Waals surface area contributed by atoms with Crippen LogP contribution in [0.1, 0.15) is 45.6 Å². The number of anilines is 1. The molecule has 1 aliphatic rings. The third kappa shape index (κ3) is 4.12. The first-order valence-corrected chi connectivity index (χ1v) is 7.78. The van der Waals surface area contributed by atoms with Crippen LogP contribution < -0.4 is 10.2 Å². The Labute approximate surface area is 122 Å². The first-order chi connectivity index (χ1) is 9.11. The zero-order chi connectivity index (χ0) is 13.8. The summed E-state index contributed by atoms with van der Waals surface area (Å²) < 4.78 is 0. The second-order valence-electron chi connectivity index (χ2n) is 5.73. The second-order valence-corrected chi connectivity index (χ2v) is 6.17. The Morgan fingerprint density at radius 1 is 1.37 bits per heavy atom. The van der Waals surface area contributed by atoms with E-state index in [0.29, 0.717) is 6.04 Å². The van der Waals surface area contributed by atoms with E-state index in [1.807, 2.05) is 6.07 Å². The van der Waals surface area contributed by atoms with Gasteiger partial charge in [0.25, 0.3) is 0 Å². The fraction of sp³-hybridized carbons (Fsp3) is 0.625. The highest BCUT2D eigenvalue weighted by Crippen LogP contribution is 2.34. The van der Waals surface area contributed by atoms with Crippen molar-refractivity contribution < 1.29 is 0 Å². The molecule has 0 aromatic heterocycles. The van der Waals surface area contributed by atoms with Gasteiger partial charge in [-0.25, -0.2) is 0 Å². The van der Waals surface area contributed by atoms with Crippen LogP contribution in [0.4, 0.5) is 5.69 Å². The van der Waals surface area contributed by atoms with Gasteiger partial charge in [0.15, 0.2) is 0 Å². The molecule has 106 valence electrons. The zero-order valence-corrected chi connectivity index (χ0v) is 13.0. The molecule has 1 fully saturated rings. The largest absolute Gasteiger partial charge is 0.368 e. The lowest BCUT2D eigenvalue weighted by Crippen LogP contribution is -2.29. The van der Waals surface area contributed by atoms with E-state index in [2.05, 4.69) is 43.1 Å². The Bertz CT molecular complexity index is 413. The molecule has 0 heterocycles. The topological polar surface area (TPSA) is 15.3 Å². The fourth-order valence-electron chi connectivity index (χ4n) is 2.42. The van der Waals surface area contributed by atoms with Gasteiger partial charge in [0.1, 0.15) is 0 Å². The van der Waals surface area contributed by atoms with Crippen molar-refractivity contribution in [1.82, 2.24) is 5.32 Å². The van der Waals surface area contributed by atoms with E-state index < -0.39 is 0 Å². The minimum atomic E-state index is 0.493. The van der Waals surface area contributed by atoms with Gasteiger partial charge < -0.3 is 10.2 Å². The highest BCUT2D eigenvalue weighted by Gasteiger charge is 2.29. The molecule has 0 atom stereocenters. The molecule has 3 heteroatoms. The Morgan fingerprint density at radius 3 is 2.68 bits per heavy atom.